The highest BCUT2D eigenvalue weighted by molar-refractivity contribution is 5.89. The Labute approximate surface area is 79.5 Å². The molecule has 0 aromatic rings. The highest BCUT2D eigenvalue weighted by Crippen LogP contribution is 1.89. The zero-order valence-electron chi connectivity index (χ0n) is 7.52. The summed E-state index contributed by atoms with van der Waals surface area (Å²) < 4.78 is 4.43. The minimum absolute atomic E-state index is 0.186. The molecule has 0 heterocycles. The molecule has 80 valence electrons. The van der Waals surface area contributed by atoms with E-state index in [1.54, 1.807) is 6.92 Å². The van der Waals surface area contributed by atoms with Crippen LogP contribution in [0.3, 0.4) is 0 Å². The summed E-state index contributed by atoms with van der Waals surface area (Å²) in [6.45, 7) is 1.23. The van der Waals surface area contributed by atoms with Crippen LogP contribution in [0.25, 0.3) is 0 Å². The van der Waals surface area contributed by atoms with Crippen LogP contribution in [0.5, 0.6) is 0 Å². The van der Waals surface area contributed by atoms with Crippen molar-refractivity contribution in [2.75, 3.05) is 13.2 Å². The Hall–Kier alpha value is -1.63. The zero-order valence-corrected chi connectivity index (χ0v) is 7.52. The van der Waals surface area contributed by atoms with Gasteiger partial charge in [0.2, 0.25) is 0 Å². The number of aliphatic carboxylic acids is 1. The predicted octanol–water partition coefficient (Wildman–Crippen LogP) is -0.501. The van der Waals surface area contributed by atoms with Crippen molar-refractivity contribution < 1.29 is 34.0 Å². The lowest BCUT2D eigenvalue weighted by molar-refractivity contribution is -0.271. The SMILES string of the molecule is CCOC(=O)COOC(=O)CC(=O)O. The van der Waals surface area contributed by atoms with Crippen molar-refractivity contribution in [3.8, 4) is 0 Å². The van der Waals surface area contributed by atoms with E-state index in [0.717, 1.165) is 0 Å². The third kappa shape index (κ3) is 7.04. The molecule has 0 aliphatic heterocycles. The first-order valence-corrected chi connectivity index (χ1v) is 3.76. The molecule has 0 aromatic heterocycles. The van der Waals surface area contributed by atoms with Crippen molar-refractivity contribution in [3.63, 3.8) is 0 Å². The van der Waals surface area contributed by atoms with Crippen LogP contribution in [0.15, 0.2) is 0 Å². The molecule has 1 N–H and O–H groups in total. The smallest absolute Gasteiger partial charge is 0.353 e. The molecule has 0 rings (SSSR count). The van der Waals surface area contributed by atoms with Gasteiger partial charge in [0.1, 0.15) is 6.42 Å². The van der Waals surface area contributed by atoms with E-state index >= 15 is 0 Å². The number of hydrogen-bond donors (Lipinski definition) is 1. The number of ether oxygens (including phenoxy) is 1. The summed E-state index contributed by atoms with van der Waals surface area (Å²) in [5.74, 6) is -3.12. The van der Waals surface area contributed by atoms with Crippen molar-refractivity contribution in [1.82, 2.24) is 0 Å². The fourth-order valence-electron chi connectivity index (χ4n) is 0.499. The van der Waals surface area contributed by atoms with E-state index in [-0.39, 0.29) is 6.61 Å². The lowest BCUT2D eigenvalue weighted by atomic mass is 10.5. The van der Waals surface area contributed by atoms with Crippen LogP contribution < -0.4 is 0 Å². The topological polar surface area (TPSA) is 99.1 Å². The number of carboxylic acids is 1. The summed E-state index contributed by atoms with van der Waals surface area (Å²) in [4.78, 5) is 39.1. The number of carbonyl (C=O) groups excluding carboxylic acids is 2. The van der Waals surface area contributed by atoms with Gasteiger partial charge in [-0.2, -0.15) is 4.89 Å². The van der Waals surface area contributed by atoms with Gasteiger partial charge < -0.3 is 9.84 Å². The maximum Gasteiger partial charge on any atom is 0.353 e. The number of carbonyl (C=O) groups is 3. The molecule has 0 aliphatic rings. The summed E-state index contributed by atoms with van der Waals surface area (Å²) in [6, 6.07) is 0. The second-order valence-corrected chi connectivity index (χ2v) is 2.09. The Bertz CT molecular complexity index is 222. The fraction of sp³-hybridized carbons (Fsp3) is 0.571. The number of hydrogen-bond acceptors (Lipinski definition) is 6. The van der Waals surface area contributed by atoms with Gasteiger partial charge in [0.15, 0.2) is 6.61 Å². The minimum Gasteiger partial charge on any atom is -0.481 e. The maximum atomic E-state index is 10.6. The molecule has 0 unspecified atom stereocenters. The molecule has 7 nitrogen and oxygen atoms in total. The number of rotatable bonds is 6. The lowest BCUT2D eigenvalue weighted by Crippen LogP contribution is -2.16. The van der Waals surface area contributed by atoms with Crippen molar-refractivity contribution in [2.24, 2.45) is 0 Å². The Morgan fingerprint density at radius 1 is 1.21 bits per heavy atom. The molecule has 0 amide bonds. The predicted molar refractivity (Wildman–Crippen MR) is 40.9 cm³/mol. The molecule has 0 radical (unpaired) electrons. The first-order valence-electron chi connectivity index (χ1n) is 3.76. The first kappa shape index (κ1) is 12.4. The monoisotopic (exact) mass is 206 g/mol. The number of carboxylic acid groups (broad SMARTS) is 1. The van der Waals surface area contributed by atoms with Crippen LogP contribution >= 0.6 is 0 Å². The second-order valence-electron chi connectivity index (χ2n) is 2.09. The third-order valence-corrected chi connectivity index (χ3v) is 0.930. The van der Waals surface area contributed by atoms with Crippen molar-refractivity contribution in [1.29, 1.82) is 0 Å². The van der Waals surface area contributed by atoms with Gasteiger partial charge in [-0.15, -0.1) is 0 Å². The average Bonchev–Trinajstić information content (AvgIpc) is 2.02. The van der Waals surface area contributed by atoms with Gasteiger partial charge in [0.25, 0.3) is 0 Å². The standard InChI is InChI=1S/C7H10O7/c1-2-12-7(11)4-13-14-6(10)3-5(8)9/h2-4H2,1H3,(H,8,9). The normalized spacial score (nSPS) is 9.21. The molecule has 0 aromatic carbocycles. The lowest BCUT2D eigenvalue weighted by Gasteiger charge is -2.01. The highest BCUT2D eigenvalue weighted by Gasteiger charge is 2.11. The Morgan fingerprint density at radius 3 is 2.36 bits per heavy atom. The van der Waals surface area contributed by atoms with Crippen molar-refractivity contribution in [3.05, 3.63) is 0 Å². The van der Waals surface area contributed by atoms with Crippen LogP contribution in [-0.2, 0) is 28.9 Å². The van der Waals surface area contributed by atoms with E-state index in [1.165, 1.54) is 0 Å². The Balaban J connectivity index is 3.49. The molecule has 0 atom stereocenters. The molecule has 0 fully saturated rings. The summed E-state index contributed by atoms with van der Waals surface area (Å²) in [5, 5.41) is 8.13. The summed E-state index contributed by atoms with van der Waals surface area (Å²) in [6.07, 6.45) is -0.817. The van der Waals surface area contributed by atoms with Gasteiger partial charge in [0.05, 0.1) is 6.61 Å². The van der Waals surface area contributed by atoms with Crippen LogP contribution in [0.4, 0.5) is 0 Å². The molecule has 0 saturated heterocycles. The van der Waals surface area contributed by atoms with Crippen LogP contribution in [0.2, 0.25) is 0 Å². The van der Waals surface area contributed by atoms with E-state index in [1.807, 2.05) is 0 Å². The second kappa shape index (κ2) is 6.84. The van der Waals surface area contributed by atoms with Crippen LogP contribution in [-0.4, -0.2) is 36.2 Å². The van der Waals surface area contributed by atoms with E-state index in [9.17, 15) is 14.4 Å². The molecule has 0 saturated carbocycles. The van der Waals surface area contributed by atoms with Crippen molar-refractivity contribution in [2.45, 2.75) is 13.3 Å². The fourth-order valence-corrected chi connectivity index (χ4v) is 0.499. The quantitative estimate of drug-likeness (QED) is 0.270. The van der Waals surface area contributed by atoms with Gasteiger partial charge in [-0.3, -0.25) is 9.68 Å². The molecular weight excluding hydrogens is 196 g/mol. The van der Waals surface area contributed by atoms with Gasteiger partial charge in [-0.05, 0) is 6.92 Å². The summed E-state index contributed by atoms with van der Waals surface area (Å²) in [5.41, 5.74) is 0. The molecule has 0 spiro atoms. The van der Waals surface area contributed by atoms with E-state index in [2.05, 4.69) is 14.5 Å². The molecular formula is C7H10O7. The Kier molecular flexibility index (Phi) is 6.04. The van der Waals surface area contributed by atoms with E-state index in [0.29, 0.717) is 0 Å². The van der Waals surface area contributed by atoms with Crippen molar-refractivity contribution >= 4 is 17.9 Å². The summed E-state index contributed by atoms with van der Waals surface area (Å²) >= 11 is 0. The average molecular weight is 206 g/mol. The van der Waals surface area contributed by atoms with Crippen LogP contribution in [0.1, 0.15) is 13.3 Å². The van der Waals surface area contributed by atoms with E-state index < -0.39 is 30.9 Å². The summed E-state index contributed by atoms with van der Waals surface area (Å²) in [7, 11) is 0. The first-order chi connectivity index (χ1) is 6.56. The van der Waals surface area contributed by atoms with Gasteiger partial charge in [-0.1, -0.05) is 0 Å². The molecule has 0 bridgehead atoms. The molecule has 0 aliphatic carbocycles. The van der Waals surface area contributed by atoms with Gasteiger partial charge in [0, 0.05) is 0 Å². The molecule has 7 heteroatoms. The maximum absolute atomic E-state index is 10.6. The zero-order chi connectivity index (χ0) is 11.0. The largest absolute Gasteiger partial charge is 0.481 e. The highest BCUT2D eigenvalue weighted by atomic mass is 17.2. The molecule has 14 heavy (non-hydrogen) atoms. The Morgan fingerprint density at radius 2 is 1.86 bits per heavy atom. The van der Waals surface area contributed by atoms with Crippen LogP contribution in [0, 0.1) is 0 Å². The minimum atomic E-state index is -1.34. The number of esters is 1. The van der Waals surface area contributed by atoms with E-state index in [4.69, 9.17) is 5.11 Å². The third-order valence-electron chi connectivity index (χ3n) is 0.930. The van der Waals surface area contributed by atoms with Gasteiger partial charge >= 0.3 is 17.9 Å². The van der Waals surface area contributed by atoms with Gasteiger partial charge in [-0.25, -0.2) is 9.59 Å².